The van der Waals surface area contributed by atoms with Crippen LogP contribution in [0.3, 0.4) is 0 Å². The molecule has 3 aromatic carbocycles. The molecule has 1 atom stereocenters. The smallest absolute Gasteiger partial charge is 0.317 e. The van der Waals surface area contributed by atoms with Crippen molar-refractivity contribution in [3.63, 3.8) is 0 Å². The molecule has 0 fully saturated rings. The lowest BCUT2D eigenvalue weighted by Crippen LogP contribution is -2.38. The third-order valence-corrected chi connectivity index (χ3v) is 6.94. The van der Waals surface area contributed by atoms with Gasteiger partial charge in [0.05, 0.1) is 29.4 Å². The lowest BCUT2D eigenvalue weighted by atomic mass is 9.97. The number of nitrogens with one attached hydrogen (secondary N) is 1. The van der Waals surface area contributed by atoms with Crippen LogP contribution in [-0.2, 0) is 4.79 Å². The molecule has 0 spiro atoms. The number of pyridine rings is 1. The van der Waals surface area contributed by atoms with Crippen LogP contribution in [0.4, 0.5) is 0 Å². The Morgan fingerprint density at radius 1 is 1.08 bits per heavy atom. The number of amides is 1. The number of carbonyl (C=O) groups excluding carboxylic acids is 1. The number of hydrogen-bond acceptors (Lipinski definition) is 4. The third-order valence-electron chi connectivity index (χ3n) is 6.10. The summed E-state index contributed by atoms with van der Waals surface area (Å²) in [6.45, 7) is 1.87. The highest BCUT2D eigenvalue weighted by atomic mass is 79.9. The van der Waals surface area contributed by atoms with Crippen LogP contribution in [0.5, 0.6) is 0 Å². The number of rotatable bonds is 8. The van der Waals surface area contributed by atoms with Gasteiger partial charge in [0, 0.05) is 27.0 Å². The van der Waals surface area contributed by atoms with Gasteiger partial charge >= 0.3 is 5.97 Å². The molecule has 0 aliphatic carbocycles. The van der Waals surface area contributed by atoms with E-state index in [0.717, 1.165) is 32.2 Å². The first-order valence-electron chi connectivity index (χ1n) is 11.4. The first-order chi connectivity index (χ1) is 17.3. The Kier molecular flexibility index (Phi) is 8.04. The van der Waals surface area contributed by atoms with Gasteiger partial charge < -0.3 is 10.4 Å². The molecule has 1 amide bonds. The van der Waals surface area contributed by atoms with E-state index >= 15 is 0 Å². The fraction of sp³-hybridized carbons (Fsp3) is 0.179. The van der Waals surface area contributed by atoms with Crippen LogP contribution in [0.15, 0.2) is 77.3 Å². The van der Waals surface area contributed by atoms with Crippen LogP contribution in [0.2, 0.25) is 5.02 Å². The molecule has 6 nitrogen and oxygen atoms in total. The number of likely N-dealkylation sites (N-methyl/N-ethyl adjacent to an activating group) is 1. The van der Waals surface area contributed by atoms with Crippen LogP contribution in [0, 0.1) is 6.92 Å². The summed E-state index contributed by atoms with van der Waals surface area (Å²) in [5, 5.41) is 13.6. The maximum Gasteiger partial charge on any atom is 0.317 e. The van der Waals surface area contributed by atoms with Gasteiger partial charge in [-0.15, -0.1) is 0 Å². The summed E-state index contributed by atoms with van der Waals surface area (Å²) < 4.78 is 0.841. The van der Waals surface area contributed by atoms with E-state index in [1.54, 1.807) is 18.0 Å². The molecule has 0 saturated carbocycles. The summed E-state index contributed by atoms with van der Waals surface area (Å²) in [4.78, 5) is 31.6. The van der Waals surface area contributed by atoms with Crippen molar-refractivity contribution in [2.75, 3.05) is 20.1 Å². The monoisotopic (exact) mass is 565 g/mol. The van der Waals surface area contributed by atoms with E-state index in [1.165, 1.54) is 0 Å². The molecule has 8 heteroatoms. The normalized spacial score (nSPS) is 12.0. The predicted molar refractivity (Wildman–Crippen MR) is 146 cm³/mol. The van der Waals surface area contributed by atoms with Gasteiger partial charge in [0.15, 0.2) is 0 Å². The lowest BCUT2D eigenvalue weighted by Gasteiger charge is -2.28. The molecular formula is C28H25BrClN3O3. The first-order valence-corrected chi connectivity index (χ1v) is 12.5. The molecule has 36 heavy (non-hydrogen) atoms. The lowest BCUT2D eigenvalue weighted by molar-refractivity contribution is -0.138. The Balaban J connectivity index is 1.74. The predicted octanol–water partition coefficient (Wildman–Crippen LogP) is 6.11. The highest BCUT2D eigenvalue weighted by Crippen LogP contribution is 2.32. The molecule has 184 valence electrons. The molecule has 0 aliphatic rings. The van der Waals surface area contributed by atoms with Crippen LogP contribution >= 0.6 is 27.5 Å². The number of aliphatic carboxylic acids is 1. The third kappa shape index (κ3) is 5.59. The zero-order chi connectivity index (χ0) is 25.8. The summed E-state index contributed by atoms with van der Waals surface area (Å²) in [5.74, 6) is -1.23. The molecule has 0 bridgehead atoms. The van der Waals surface area contributed by atoms with Gasteiger partial charge in [-0.1, -0.05) is 76.1 Å². The summed E-state index contributed by atoms with van der Waals surface area (Å²) in [7, 11) is 1.70. The standard InChI is InChI=1S/C28H25BrClN3O3/c1-17-26(21-14-19(29)12-13-23(21)32-27(17)18-8-4-3-5-9-18)28(36)31-15-24(33(2)16-25(34)35)20-10-6-7-11-22(20)30/h3-14,24H,15-16H2,1-2H3,(H,31,36)(H,34,35)/t24-/m0/s1. The van der Waals surface area contributed by atoms with E-state index in [0.29, 0.717) is 16.1 Å². The highest BCUT2D eigenvalue weighted by molar-refractivity contribution is 9.10. The molecule has 0 saturated heterocycles. The molecule has 0 unspecified atom stereocenters. The number of aromatic nitrogens is 1. The van der Waals surface area contributed by atoms with Crippen LogP contribution in [-0.4, -0.2) is 47.0 Å². The van der Waals surface area contributed by atoms with Crippen molar-refractivity contribution in [1.82, 2.24) is 15.2 Å². The van der Waals surface area contributed by atoms with Gasteiger partial charge in [-0.2, -0.15) is 0 Å². The summed E-state index contributed by atoms with van der Waals surface area (Å²) in [6.07, 6.45) is 0. The molecule has 0 radical (unpaired) electrons. The second kappa shape index (κ2) is 11.2. The van der Waals surface area contributed by atoms with Gasteiger partial charge in [0.1, 0.15) is 0 Å². The maximum absolute atomic E-state index is 13.7. The van der Waals surface area contributed by atoms with E-state index in [1.807, 2.05) is 73.7 Å². The van der Waals surface area contributed by atoms with E-state index in [2.05, 4.69) is 21.2 Å². The van der Waals surface area contributed by atoms with Gasteiger partial charge in [-0.05, 0) is 49.4 Å². The molecule has 4 rings (SSSR count). The highest BCUT2D eigenvalue weighted by Gasteiger charge is 2.24. The second-order valence-electron chi connectivity index (χ2n) is 8.54. The maximum atomic E-state index is 13.7. The minimum Gasteiger partial charge on any atom is -0.480 e. The SMILES string of the molecule is Cc1c(-c2ccccc2)nc2ccc(Br)cc2c1C(=O)NC[C@@H](c1ccccc1Cl)N(C)CC(=O)O. The van der Waals surface area contributed by atoms with Crippen LogP contribution in [0.25, 0.3) is 22.2 Å². The minimum absolute atomic E-state index is 0.171. The zero-order valence-electron chi connectivity index (χ0n) is 19.8. The van der Waals surface area contributed by atoms with Crippen LogP contribution in [0.1, 0.15) is 27.5 Å². The first kappa shape index (κ1) is 25.8. The topological polar surface area (TPSA) is 82.5 Å². The van der Waals surface area contributed by atoms with Crippen molar-refractivity contribution in [2.24, 2.45) is 0 Å². The molecular weight excluding hydrogens is 542 g/mol. The Hall–Kier alpha value is -3.26. The zero-order valence-corrected chi connectivity index (χ0v) is 22.2. The fourth-order valence-corrected chi connectivity index (χ4v) is 4.97. The molecule has 2 N–H and O–H groups in total. The van der Waals surface area contributed by atoms with E-state index in [-0.39, 0.29) is 19.0 Å². The van der Waals surface area contributed by atoms with Crippen molar-refractivity contribution in [3.05, 3.63) is 99.0 Å². The van der Waals surface area contributed by atoms with E-state index in [9.17, 15) is 14.7 Å². The number of benzene rings is 3. The van der Waals surface area contributed by atoms with Gasteiger partial charge in [0.2, 0.25) is 0 Å². The minimum atomic E-state index is -0.964. The van der Waals surface area contributed by atoms with Crippen LogP contribution < -0.4 is 5.32 Å². The number of hydrogen-bond donors (Lipinski definition) is 2. The Morgan fingerprint density at radius 3 is 2.47 bits per heavy atom. The number of carboxylic acids is 1. The number of carbonyl (C=O) groups is 2. The van der Waals surface area contributed by atoms with E-state index in [4.69, 9.17) is 16.6 Å². The van der Waals surface area contributed by atoms with Crippen molar-refractivity contribution in [2.45, 2.75) is 13.0 Å². The Bertz CT molecular complexity index is 1430. The molecule has 0 aliphatic heterocycles. The average molecular weight is 567 g/mol. The number of fused-ring (bicyclic) bond motifs is 1. The van der Waals surface area contributed by atoms with Gasteiger partial charge in [0.25, 0.3) is 5.91 Å². The number of carboxylic acid groups (broad SMARTS) is 1. The average Bonchev–Trinajstić information content (AvgIpc) is 2.85. The molecule has 1 heterocycles. The fourth-order valence-electron chi connectivity index (χ4n) is 4.35. The van der Waals surface area contributed by atoms with Crippen molar-refractivity contribution < 1.29 is 14.7 Å². The number of nitrogens with zero attached hydrogens (tertiary/aromatic N) is 2. The largest absolute Gasteiger partial charge is 0.480 e. The second-order valence-corrected chi connectivity index (χ2v) is 9.87. The van der Waals surface area contributed by atoms with Crippen molar-refractivity contribution >= 4 is 50.3 Å². The quantitative estimate of drug-likeness (QED) is 0.269. The van der Waals surface area contributed by atoms with E-state index < -0.39 is 12.0 Å². The van der Waals surface area contributed by atoms with Gasteiger partial charge in [-0.25, -0.2) is 4.98 Å². The van der Waals surface area contributed by atoms with Gasteiger partial charge in [-0.3, -0.25) is 14.5 Å². The summed E-state index contributed by atoms with van der Waals surface area (Å²) >= 11 is 9.95. The molecule has 4 aromatic rings. The molecule has 1 aromatic heterocycles. The van der Waals surface area contributed by atoms with Crippen molar-refractivity contribution in [3.8, 4) is 11.3 Å². The Morgan fingerprint density at radius 2 is 1.78 bits per heavy atom. The summed E-state index contributed by atoms with van der Waals surface area (Å²) in [6, 6.07) is 22.2. The number of halogens is 2. The van der Waals surface area contributed by atoms with Crippen molar-refractivity contribution in [1.29, 1.82) is 0 Å². The summed E-state index contributed by atoms with van der Waals surface area (Å²) in [5.41, 5.74) is 4.40. The Labute approximate surface area is 223 Å².